The first-order chi connectivity index (χ1) is 45.4. The van der Waals surface area contributed by atoms with E-state index >= 15 is 0 Å². The topological polar surface area (TPSA) is 233 Å². The summed E-state index contributed by atoms with van der Waals surface area (Å²) in [6, 6.07) is 39.5. The number of fused-ring (bicyclic) bond motifs is 1. The predicted octanol–water partition coefficient (Wildman–Crippen LogP) is 12.0. The van der Waals surface area contributed by atoms with Gasteiger partial charge >= 0.3 is 0 Å². The molecule has 0 amide bonds. The number of methoxy groups -OCH3 is 1. The van der Waals surface area contributed by atoms with Crippen LogP contribution in [0, 0.1) is 17.8 Å². The molecule has 21 nitrogen and oxygen atoms in total. The molecule has 0 atom stereocenters. The van der Waals surface area contributed by atoms with Crippen molar-refractivity contribution >= 4 is 75.5 Å². The highest BCUT2D eigenvalue weighted by Gasteiger charge is 2.16. The highest BCUT2D eigenvalue weighted by atomic mass is 32.1. The summed E-state index contributed by atoms with van der Waals surface area (Å²) in [7, 11) is 9.98. The molecule has 6 aliphatic rings. The van der Waals surface area contributed by atoms with Crippen LogP contribution in [0.1, 0.15) is 82.3 Å². The van der Waals surface area contributed by atoms with Crippen molar-refractivity contribution in [1.29, 1.82) is 0 Å². The van der Waals surface area contributed by atoms with Crippen molar-refractivity contribution in [3.63, 3.8) is 0 Å². The van der Waals surface area contributed by atoms with E-state index in [-0.39, 0.29) is 11.9 Å². The number of aromatic nitrogens is 9. The fourth-order valence-corrected chi connectivity index (χ4v) is 10.7. The minimum atomic E-state index is 0.247. The predicted molar refractivity (Wildman–Crippen MR) is 394 cm³/mol. The Morgan fingerprint density at radius 3 is 1.46 bits per heavy atom. The number of thiophene rings is 1. The molecule has 508 valence electrons. The van der Waals surface area contributed by atoms with Crippen molar-refractivity contribution in [3.05, 3.63) is 166 Å². The third-order valence-corrected chi connectivity index (χ3v) is 16.3. The number of nitrogens with one attached hydrogen (secondary N) is 3. The minimum absolute atomic E-state index is 0.247. The summed E-state index contributed by atoms with van der Waals surface area (Å²) in [5.74, 6) is 2.30. The number of anilines is 7. The largest absolute Gasteiger partial charge is 0.383 e. The van der Waals surface area contributed by atoms with Crippen molar-refractivity contribution in [2.75, 3.05) is 177 Å². The lowest BCUT2D eigenvalue weighted by Gasteiger charge is -2.34. The molecule has 0 aliphatic carbocycles. The van der Waals surface area contributed by atoms with Gasteiger partial charge in [-0.25, -0.2) is 9.97 Å². The number of para-hydroxylation sites is 4. The molecule has 5 aromatic heterocycles. The van der Waals surface area contributed by atoms with Crippen LogP contribution < -0.4 is 41.7 Å². The van der Waals surface area contributed by atoms with Crippen LogP contribution in [-0.4, -0.2) is 195 Å². The van der Waals surface area contributed by atoms with Gasteiger partial charge in [-0.1, -0.05) is 90.9 Å². The zero-order chi connectivity index (χ0) is 66.6. The number of H-pyrrole nitrogens is 1. The Morgan fingerprint density at radius 2 is 1.09 bits per heavy atom. The summed E-state index contributed by atoms with van der Waals surface area (Å²) in [5, 5.41) is 16.3. The van der Waals surface area contributed by atoms with Crippen molar-refractivity contribution in [2.24, 2.45) is 0 Å². The molecule has 24 heteroatoms. The second-order valence-electron chi connectivity index (χ2n) is 22.1. The van der Waals surface area contributed by atoms with E-state index in [1.165, 1.54) is 163 Å². The van der Waals surface area contributed by atoms with Gasteiger partial charge in [-0.2, -0.15) is 36.4 Å². The number of benzene rings is 3. The van der Waals surface area contributed by atoms with E-state index in [9.17, 15) is 0 Å². The zero-order valence-electron chi connectivity index (χ0n) is 56.5. The number of ether oxygens (including phenoxy) is 2. The highest BCUT2D eigenvalue weighted by molar-refractivity contribution is 7.73. The molecule has 0 unspecified atom stereocenters. The number of likely N-dealkylation sites (tertiary alicyclic amines) is 2. The quantitative estimate of drug-likeness (QED) is 0.0974. The Morgan fingerprint density at radius 1 is 0.570 bits per heavy atom. The first-order valence-corrected chi connectivity index (χ1v) is 34.9. The summed E-state index contributed by atoms with van der Waals surface area (Å²) in [4.78, 5) is 40.7. The van der Waals surface area contributed by atoms with Crippen LogP contribution in [0.15, 0.2) is 150 Å². The summed E-state index contributed by atoms with van der Waals surface area (Å²) in [5.41, 5.74) is 17.6. The lowest BCUT2D eigenvalue weighted by atomic mass is 10.1. The van der Waals surface area contributed by atoms with Crippen LogP contribution in [0.5, 0.6) is 0 Å². The molecule has 0 saturated carbocycles. The summed E-state index contributed by atoms with van der Waals surface area (Å²) >= 11 is 7.78. The van der Waals surface area contributed by atoms with Crippen LogP contribution >= 0.6 is 34.9 Å². The number of nitrogen functional groups attached to an aromatic ring is 2. The maximum absolute atomic E-state index is 5.33. The van der Waals surface area contributed by atoms with Crippen LogP contribution in [0.25, 0.3) is 0 Å². The number of rotatable bonds is 6. The van der Waals surface area contributed by atoms with E-state index in [2.05, 4.69) is 197 Å². The fraction of sp³-hybridized carbons (Fsp3) is 0.493. The molecule has 0 bridgehead atoms. The Hall–Kier alpha value is -7.29. The Kier molecular flexibility index (Phi) is 43.0. The Bertz CT molecular complexity index is 2830. The number of piperidine rings is 3. The number of nitrogens with zero attached hydrogens (tertiary/aromatic N) is 14. The smallest absolute Gasteiger partial charge is 0.227 e. The molecule has 14 rings (SSSR count). The molecular weight excluding hydrogens is 1220 g/mol. The molecule has 3 aromatic carbocycles. The second kappa shape index (κ2) is 51.2. The molecule has 11 heterocycles. The number of likely N-dealkylation sites (N-methyl/N-ethyl adjacent to an activating group) is 2. The van der Waals surface area contributed by atoms with E-state index in [0.717, 1.165) is 56.5 Å². The summed E-state index contributed by atoms with van der Waals surface area (Å²) in [6.45, 7) is 21.7. The maximum Gasteiger partial charge on any atom is 0.227 e. The monoisotopic (exact) mass is 1330 g/mol. The van der Waals surface area contributed by atoms with Crippen molar-refractivity contribution < 1.29 is 9.47 Å². The van der Waals surface area contributed by atoms with Gasteiger partial charge in [-0.05, 0) is 189 Å². The van der Waals surface area contributed by atoms with Crippen LogP contribution in [0.4, 0.5) is 40.6 Å². The van der Waals surface area contributed by atoms with Crippen molar-refractivity contribution in [3.8, 4) is 0 Å². The molecule has 6 aliphatic heterocycles. The van der Waals surface area contributed by atoms with Gasteiger partial charge in [0.2, 0.25) is 17.8 Å². The minimum Gasteiger partial charge on any atom is -0.383 e. The Labute approximate surface area is 568 Å². The molecule has 8 aromatic rings. The summed E-state index contributed by atoms with van der Waals surface area (Å²) in [6.07, 6.45) is 20.2. The number of morpholine rings is 1. The maximum atomic E-state index is 5.33. The van der Waals surface area contributed by atoms with Gasteiger partial charge in [0, 0.05) is 97.8 Å². The van der Waals surface area contributed by atoms with Gasteiger partial charge in [0.1, 0.15) is 23.5 Å². The normalized spacial score (nSPS) is 15.5. The third-order valence-electron chi connectivity index (χ3n) is 14.7. The van der Waals surface area contributed by atoms with Gasteiger partial charge in [0.05, 0.1) is 31.2 Å². The number of aromatic amines is 1. The second-order valence-corrected chi connectivity index (χ2v) is 24.5. The van der Waals surface area contributed by atoms with Crippen molar-refractivity contribution in [2.45, 2.75) is 84.5 Å². The molecule has 7 N–H and O–H groups in total. The Balaban J connectivity index is 0.000000221. The van der Waals surface area contributed by atoms with E-state index < -0.39 is 0 Å². The number of hydrogen-bond acceptors (Lipinski definition) is 23. The van der Waals surface area contributed by atoms with Gasteiger partial charge in [0.25, 0.3) is 0 Å². The van der Waals surface area contributed by atoms with E-state index in [0.29, 0.717) is 17.6 Å². The average Bonchev–Trinajstić information content (AvgIpc) is 1.92. The van der Waals surface area contributed by atoms with Gasteiger partial charge in [-0.3, -0.25) is 10.1 Å². The average molecular weight is 1330 g/mol. The third kappa shape index (κ3) is 37.9. The van der Waals surface area contributed by atoms with Crippen LogP contribution in [0.3, 0.4) is 0 Å². The van der Waals surface area contributed by atoms with Crippen LogP contribution in [-0.2, 0) is 9.47 Å². The van der Waals surface area contributed by atoms with Crippen molar-refractivity contribution in [1.82, 2.24) is 60.2 Å². The molecule has 0 radical (unpaired) electrons. The van der Waals surface area contributed by atoms with E-state index in [1.807, 2.05) is 47.2 Å². The molecule has 5 saturated heterocycles. The number of hydrogen-bond donors (Lipinski definition) is 5. The van der Waals surface area contributed by atoms with E-state index in [1.54, 1.807) is 57.2 Å². The number of nitrogens with two attached hydrogens (primary N) is 2. The lowest BCUT2D eigenvalue weighted by Crippen LogP contribution is -2.36. The molecule has 93 heavy (non-hydrogen) atoms. The van der Waals surface area contributed by atoms with Gasteiger partial charge < -0.3 is 61.0 Å². The lowest BCUT2D eigenvalue weighted by molar-refractivity contribution is 0.122. The standard InChI is InChI=1S/C11H15N.C10H14N2.C10H13NO.C8H17NO.C6H13N.C5H9N5.C5H5N.C4H6N4.C4H9N.C4H4S.C2H2N2S2/c1-3-7-11(8-4-1)12-9-5-2-6-10-12;1-11-7-8-12(2)10-6-4-3-5-9(10)11;1-2-4-10(5-3-1)11-6-8-12-9-7-11;1-10-8-7-9-5-3-2-4-6-9;1-7-5-3-2-4-6-7;1-3-8-4(6)10-5(7-2)9-3;1-2-4-6-5-3-1;1-3-6-2-7-4(5)8-3;2*1-2-4-5-3-1;5-2-4-3-1-6-2/h1,3-4,7-8H,2,5-6,9-10H2;3-6H,7-8H2,1-2H3;1-5H,6-9H2;2-8H2,1H3;2-6H2,1H3;1-2H3,(H3,6,7,8,9,10);1-5H;2H,1H3,(H2,5,6,7,8);5H,1-4H2;1-4H;1H,(H,4,5). The number of aryl methyl sites for hydroxylation is 2. The fourth-order valence-electron chi connectivity index (χ4n) is 9.71. The molecule has 0 spiro atoms. The van der Waals surface area contributed by atoms with Gasteiger partial charge in [0.15, 0.2) is 3.95 Å². The molecule has 5 fully saturated rings. The molecular formula is C69H107N19O2S3. The zero-order valence-corrected chi connectivity index (χ0v) is 58.9. The summed E-state index contributed by atoms with van der Waals surface area (Å²) < 4.78 is 11.0. The van der Waals surface area contributed by atoms with E-state index in [4.69, 9.17) is 20.9 Å². The first-order valence-electron chi connectivity index (χ1n) is 32.6. The number of pyridine rings is 1. The SMILES string of the molecule is C1CCNC1.CN1CCCCC1.CN1CCN(C)c2ccccc21.CNc1nc(C)nc(N)n1.COCCN1CCCCC1.Cc1ncnc(N)n1.S=c1[nH]ncs1.c1ccc(N2CCCCC2)cc1.c1ccc(N2CCOCC2)cc1.c1ccncc1.c1ccsc1. The highest BCUT2D eigenvalue weighted by Crippen LogP contribution is 2.30. The first kappa shape index (κ1) is 78.2. The van der Waals surface area contributed by atoms with Crippen LogP contribution in [0.2, 0.25) is 0 Å². The van der Waals surface area contributed by atoms with Gasteiger partial charge in [-0.15, -0.1) is 0 Å².